The molecule has 1 unspecified atom stereocenters. The number of carbonyl (C=O) groups excluding carboxylic acids is 1. The molecule has 0 radical (unpaired) electrons. The number of carbonyl (C=O) groups is 1. The molecule has 0 bridgehead atoms. The van der Waals surface area contributed by atoms with E-state index >= 15 is 0 Å². The van der Waals surface area contributed by atoms with Crippen molar-refractivity contribution in [3.8, 4) is 0 Å². The van der Waals surface area contributed by atoms with E-state index in [1.54, 1.807) is 0 Å². The highest BCUT2D eigenvalue weighted by molar-refractivity contribution is 9.10. The van der Waals surface area contributed by atoms with Crippen LogP contribution in [-0.2, 0) is 6.42 Å². The average molecular weight is 269 g/mol. The van der Waals surface area contributed by atoms with Crippen LogP contribution >= 0.6 is 15.9 Å². The van der Waals surface area contributed by atoms with Gasteiger partial charge >= 0.3 is 0 Å². The van der Waals surface area contributed by atoms with Crippen LogP contribution in [0.5, 0.6) is 0 Å². The summed E-state index contributed by atoms with van der Waals surface area (Å²) in [6.07, 6.45) is 2.93. The topological polar surface area (TPSA) is 17.1 Å². The number of halogens is 1. The first-order chi connectivity index (χ1) is 7.19. The van der Waals surface area contributed by atoms with E-state index in [1.165, 1.54) is 5.56 Å². The normalized spacial score (nSPS) is 12.5. The first-order valence-corrected chi connectivity index (χ1v) is 6.37. The highest BCUT2D eigenvalue weighted by Gasteiger charge is 2.15. The summed E-state index contributed by atoms with van der Waals surface area (Å²) in [4.78, 5) is 11.9. The standard InChI is InChI=1S/C13H17BrO/c1-3-5-12(14)13(15)11-8-6-10(4-2)7-9-11/h6-9,12H,3-5H2,1-2H3. The molecule has 0 N–H and O–H groups in total. The maximum atomic E-state index is 11.9. The van der Waals surface area contributed by atoms with Gasteiger partial charge in [-0.25, -0.2) is 0 Å². The average Bonchev–Trinajstić information content (AvgIpc) is 2.28. The third-order valence-electron chi connectivity index (χ3n) is 2.47. The molecule has 0 aliphatic carbocycles. The highest BCUT2D eigenvalue weighted by atomic mass is 79.9. The van der Waals surface area contributed by atoms with Crippen LogP contribution in [0.4, 0.5) is 0 Å². The summed E-state index contributed by atoms with van der Waals surface area (Å²) in [6, 6.07) is 7.90. The van der Waals surface area contributed by atoms with Gasteiger partial charge in [-0.15, -0.1) is 0 Å². The number of ketones is 1. The highest BCUT2D eigenvalue weighted by Crippen LogP contribution is 2.15. The molecule has 1 aromatic rings. The third-order valence-corrected chi connectivity index (χ3v) is 3.35. The van der Waals surface area contributed by atoms with E-state index < -0.39 is 0 Å². The largest absolute Gasteiger partial charge is 0.293 e. The number of hydrogen-bond donors (Lipinski definition) is 0. The molecule has 15 heavy (non-hydrogen) atoms. The molecule has 82 valence electrons. The summed E-state index contributed by atoms with van der Waals surface area (Å²) >= 11 is 3.43. The molecular formula is C13H17BrO. The molecule has 0 saturated carbocycles. The predicted octanol–water partition coefficient (Wildman–Crippen LogP) is 4.00. The monoisotopic (exact) mass is 268 g/mol. The first kappa shape index (κ1) is 12.4. The van der Waals surface area contributed by atoms with Gasteiger partial charge in [-0.1, -0.05) is 60.5 Å². The number of rotatable bonds is 5. The lowest BCUT2D eigenvalue weighted by molar-refractivity contribution is 0.0988. The Bertz CT molecular complexity index is 316. The van der Waals surface area contributed by atoms with Crippen molar-refractivity contribution in [3.63, 3.8) is 0 Å². The SMILES string of the molecule is CCCC(Br)C(=O)c1ccc(CC)cc1. The van der Waals surface area contributed by atoms with E-state index in [0.717, 1.165) is 24.8 Å². The van der Waals surface area contributed by atoms with Gasteiger partial charge in [0.2, 0.25) is 0 Å². The smallest absolute Gasteiger partial charge is 0.176 e. The fourth-order valence-corrected chi connectivity index (χ4v) is 2.19. The third kappa shape index (κ3) is 3.45. The van der Waals surface area contributed by atoms with Crippen molar-refractivity contribution < 1.29 is 4.79 Å². The van der Waals surface area contributed by atoms with E-state index in [1.807, 2.05) is 24.3 Å². The van der Waals surface area contributed by atoms with Gasteiger partial charge in [0, 0.05) is 5.56 Å². The second kappa shape index (κ2) is 6.06. The molecule has 0 aliphatic rings. The molecule has 1 nitrogen and oxygen atoms in total. The van der Waals surface area contributed by atoms with Gasteiger partial charge in [0.1, 0.15) is 0 Å². The van der Waals surface area contributed by atoms with E-state index in [-0.39, 0.29) is 10.6 Å². The van der Waals surface area contributed by atoms with Gasteiger partial charge in [0.25, 0.3) is 0 Å². The van der Waals surface area contributed by atoms with Gasteiger partial charge < -0.3 is 0 Å². The van der Waals surface area contributed by atoms with Crippen molar-refractivity contribution in [1.29, 1.82) is 0 Å². The summed E-state index contributed by atoms with van der Waals surface area (Å²) in [5, 5.41) is 0. The Balaban J connectivity index is 2.73. The van der Waals surface area contributed by atoms with Crippen LogP contribution in [0, 0.1) is 0 Å². The molecule has 0 amide bonds. The Morgan fingerprint density at radius 2 is 1.87 bits per heavy atom. The maximum Gasteiger partial charge on any atom is 0.176 e. The van der Waals surface area contributed by atoms with Crippen molar-refractivity contribution in [2.24, 2.45) is 0 Å². The lowest BCUT2D eigenvalue weighted by Crippen LogP contribution is -2.13. The molecular weight excluding hydrogens is 252 g/mol. The van der Waals surface area contributed by atoms with Crippen LogP contribution in [0.15, 0.2) is 24.3 Å². The van der Waals surface area contributed by atoms with Crippen molar-refractivity contribution in [2.75, 3.05) is 0 Å². The van der Waals surface area contributed by atoms with Gasteiger partial charge in [-0.05, 0) is 18.4 Å². The Morgan fingerprint density at radius 3 is 2.33 bits per heavy atom. The predicted molar refractivity (Wildman–Crippen MR) is 67.8 cm³/mol. The second-order valence-corrected chi connectivity index (χ2v) is 4.78. The zero-order chi connectivity index (χ0) is 11.3. The summed E-state index contributed by atoms with van der Waals surface area (Å²) in [5.41, 5.74) is 2.08. The maximum absolute atomic E-state index is 11.9. The van der Waals surface area contributed by atoms with Crippen LogP contribution < -0.4 is 0 Å². The van der Waals surface area contributed by atoms with E-state index in [4.69, 9.17) is 0 Å². The minimum absolute atomic E-state index is 0.0324. The summed E-state index contributed by atoms with van der Waals surface area (Å²) < 4.78 is 0. The molecule has 1 aromatic carbocycles. The van der Waals surface area contributed by atoms with Gasteiger partial charge in [-0.3, -0.25) is 4.79 Å². The second-order valence-electron chi connectivity index (χ2n) is 3.67. The fraction of sp³-hybridized carbons (Fsp3) is 0.462. The zero-order valence-corrected chi connectivity index (χ0v) is 10.9. The number of aryl methyl sites for hydroxylation is 1. The van der Waals surface area contributed by atoms with Crippen LogP contribution in [0.2, 0.25) is 0 Å². The molecule has 0 aromatic heterocycles. The van der Waals surface area contributed by atoms with Gasteiger partial charge in [0.05, 0.1) is 4.83 Å². The Morgan fingerprint density at radius 1 is 1.27 bits per heavy atom. The number of alkyl halides is 1. The summed E-state index contributed by atoms with van der Waals surface area (Å²) in [7, 11) is 0. The molecule has 0 fully saturated rings. The van der Waals surface area contributed by atoms with E-state index in [0.29, 0.717) is 0 Å². The lowest BCUT2D eigenvalue weighted by Gasteiger charge is -2.07. The number of Topliss-reactive ketones (excluding diaryl/α,β-unsaturated/α-hetero) is 1. The van der Waals surface area contributed by atoms with Crippen LogP contribution in [0.25, 0.3) is 0 Å². The molecule has 1 atom stereocenters. The number of hydrogen-bond acceptors (Lipinski definition) is 1. The quantitative estimate of drug-likeness (QED) is 0.583. The van der Waals surface area contributed by atoms with Crippen molar-refractivity contribution >= 4 is 21.7 Å². The molecule has 0 heterocycles. The van der Waals surface area contributed by atoms with Crippen LogP contribution in [0.3, 0.4) is 0 Å². The van der Waals surface area contributed by atoms with E-state index in [2.05, 4.69) is 29.8 Å². The Kier molecular flexibility index (Phi) is 5.03. The summed E-state index contributed by atoms with van der Waals surface area (Å²) in [6.45, 7) is 4.20. The first-order valence-electron chi connectivity index (χ1n) is 5.46. The molecule has 2 heteroatoms. The van der Waals surface area contributed by atoms with Crippen molar-refractivity contribution in [3.05, 3.63) is 35.4 Å². The van der Waals surface area contributed by atoms with Gasteiger partial charge in [-0.2, -0.15) is 0 Å². The molecule has 0 aliphatic heterocycles. The number of benzene rings is 1. The van der Waals surface area contributed by atoms with E-state index in [9.17, 15) is 4.79 Å². The van der Waals surface area contributed by atoms with Crippen molar-refractivity contribution in [1.82, 2.24) is 0 Å². The minimum Gasteiger partial charge on any atom is -0.293 e. The summed E-state index contributed by atoms with van der Waals surface area (Å²) in [5.74, 6) is 0.194. The van der Waals surface area contributed by atoms with Gasteiger partial charge in [0.15, 0.2) is 5.78 Å². The minimum atomic E-state index is -0.0324. The fourth-order valence-electron chi connectivity index (χ4n) is 1.47. The molecule has 1 rings (SSSR count). The molecule has 0 spiro atoms. The van der Waals surface area contributed by atoms with Crippen molar-refractivity contribution in [2.45, 2.75) is 37.9 Å². The zero-order valence-electron chi connectivity index (χ0n) is 9.29. The lowest BCUT2D eigenvalue weighted by atomic mass is 10.0. The Labute approximate surface area is 100 Å². The molecule has 0 saturated heterocycles. The van der Waals surface area contributed by atoms with Crippen LogP contribution in [0.1, 0.15) is 42.6 Å². The Hall–Kier alpha value is -0.630. The van der Waals surface area contributed by atoms with Crippen LogP contribution in [-0.4, -0.2) is 10.6 Å².